The van der Waals surface area contributed by atoms with Crippen LogP contribution < -0.4 is 10.9 Å². The Kier molecular flexibility index (Phi) is 6.12. The van der Waals surface area contributed by atoms with E-state index in [0.717, 1.165) is 30.0 Å². The van der Waals surface area contributed by atoms with E-state index in [-0.39, 0.29) is 5.56 Å². The average Bonchev–Trinajstić information content (AvgIpc) is 2.54. The minimum atomic E-state index is -0.129. The Bertz CT molecular complexity index is 696. The van der Waals surface area contributed by atoms with Gasteiger partial charge in [0.05, 0.1) is 0 Å². The Balaban J connectivity index is 2.11. The highest BCUT2D eigenvalue weighted by Gasteiger charge is 2.17. The number of aromatic amines is 1. The van der Waals surface area contributed by atoms with Crippen LogP contribution >= 0.6 is 0 Å². The van der Waals surface area contributed by atoms with Crippen molar-refractivity contribution in [1.82, 2.24) is 15.0 Å². The molecule has 2 rings (SSSR count). The first-order chi connectivity index (χ1) is 11.4. The van der Waals surface area contributed by atoms with Crippen LogP contribution in [0.4, 0.5) is 5.82 Å². The fourth-order valence-corrected chi connectivity index (χ4v) is 2.93. The molecule has 0 unspecified atom stereocenters. The monoisotopic (exact) mass is 328 g/mol. The number of pyridine rings is 1. The summed E-state index contributed by atoms with van der Waals surface area (Å²) in [6.45, 7) is 11.9. The number of nitrogens with one attached hydrogen (secondary N) is 2. The summed E-state index contributed by atoms with van der Waals surface area (Å²) in [6.07, 6.45) is 2.48. The third-order valence-electron chi connectivity index (χ3n) is 4.43. The second-order valence-electron chi connectivity index (χ2n) is 6.90. The number of hydrogen-bond acceptors (Lipinski definition) is 4. The summed E-state index contributed by atoms with van der Waals surface area (Å²) >= 11 is 0. The van der Waals surface area contributed by atoms with Gasteiger partial charge in [0.15, 0.2) is 0 Å². The van der Waals surface area contributed by atoms with Gasteiger partial charge in [-0.25, -0.2) is 9.97 Å². The Morgan fingerprint density at radius 3 is 2.42 bits per heavy atom. The fourth-order valence-electron chi connectivity index (χ4n) is 2.93. The van der Waals surface area contributed by atoms with Gasteiger partial charge in [0.25, 0.3) is 5.56 Å². The molecular formula is C19H28N4O. The summed E-state index contributed by atoms with van der Waals surface area (Å²) in [5.41, 5.74) is 1.47. The Labute approximate surface area is 144 Å². The first kappa shape index (κ1) is 18.2. The largest absolute Gasteiger partial charge is 0.370 e. The summed E-state index contributed by atoms with van der Waals surface area (Å²) in [5, 5.41) is 3.42. The minimum absolute atomic E-state index is 0.129. The molecule has 0 saturated heterocycles. The number of hydrogen-bond donors (Lipinski definition) is 2. The molecular weight excluding hydrogens is 300 g/mol. The molecule has 24 heavy (non-hydrogen) atoms. The number of anilines is 1. The molecule has 0 amide bonds. The van der Waals surface area contributed by atoms with Gasteiger partial charge in [-0.1, -0.05) is 34.6 Å². The Morgan fingerprint density at radius 1 is 1.17 bits per heavy atom. The first-order valence-electron chi connectivity index (χ1n) is 8.71. The SMILES string of the molecule is CCc1cc(=O)[nH]c(-c2ccc(NCC(C(C)C)C(C)C)nc2)n1. The molecule has 0 bridgehead atoms. The van der Waals surface area contributed by atoms with Gasteiger partial charge < -0.3 is 10.3 Å². The first-order valence-corrected chi connectivity index (χ1v) is 8.71. The number of rotatable bonds is 7. The van der Waals surface area contributed by atoms with Crippen molar-refractivity contribution in [3.05, 3.63) is 40.4 Å². The number of H-pyrrole nitrogens is 1. The maximum Gasteiger partial charge on any atom is 0.251 e. The second-order valence-corrected chi connectivity index (χ2v) is 6.90. The van der Waals surface area contributed by atoms with Crippen LogP contribution in [0, 0.1) is 17.8 Å². The normalized spacial score (nSPS) is 11.5. The van der Waals surface area contributed by atoms with Crippen LogP contribution in [0.2, 0.25) is 0 Å². The second kappa shape index (κ2) is 8.08. The topological polar surface area (TPSA) is 70.7 Å². The van der Waals surface area contributed by atoms with E-state index in [9.17, 15) is 4.79 Å². The van der Waals surface area contributed by atoms with E-state index >= 15 is 0 Å². The maximum absolute atomic E-state index is 11.7. The van der Waals surface area contributed by atoms with Crippen LogP contribution in [-0.2, 0) is 6.42 Å². The van der Waals surface area contributed by atoms with Crippen molar-refractivity contribution in [2.45, 2.75) is 41.0 Å². The highest BCUT2D eigenvalue weighted by molar-refractivity contribution is 5.55. The van der Waals surface area contributed by atoms with Crippen LogP contribution in [0.25, 0.3) is 11.4 Å². The van der Waals surface area contributed by atoms with Gasteiger partial charge >= 0.3 is 0 Å². The van der Waals surface area contributed by atoms with Crippen molar-refractivity contribution in [2.24, 2.45) is 17.8 Å². The van der Waals surface area contributed by atoms with Gasteiger partial charge in [-0.3, -0.25) is 4.79 Å². The lowest BCUT2D eigenvalue weighted by atomic mass is 9.85. The van der Waals surface area contributed by atoms with Crippen LogP contribution in [0.1, 0.15) is 40.3 Å². The zero-order chi connectivity index (χ0) is 17.7. The molecule has 130 valence electrons. The molecule has 0 atom stereocenters. The number of aromatic nitrogens is 3. The van der Waals surface area contributed by atoms with E-state index in [1.54, 1.807) is 6.20 Å². The molecule has 0 saturated carbocycles. The van der Waals surface area contributed by atoms with Crippen LogP contribution in [-0.4, -0.2) is 21.5 Å². The number of aryl methyl sites for hydroxylation is 1. The van der Waals surface area contributed by atoms with Gasteiger partial charge in [-0.05, 0) is 36.3 Å². The van der Waals surface area contributed by atoms with Crippen molar-refractivity contribution in [1.29, 1.82) is 0 Å². The van der Waals surface area contributed by atoms with E-state index in [1.807, 2.05) is 19.1 Å². The summed E-state index contributed by atoms with van der Waals surface area (Å²) in [5.74, 6) is 3.27. The molecule has 5 nitrogen and oxygen atoms in total. The molecule has 2 N–H and O–H groups in total. The average molecular weight is 328 g/mol. The molecule has 0 aliphatic heterocycles. The third kappa shape index (κ3) is 4.66. The van der Waals surface area contributed by atoms with Crippen molar-refractivity contribution in [3.63, 3.8) is 0 Å². The Morgan fingerprint density at radius 2 is 1.88 bits per heavy atom. The summed E-state index contributed by atoms with van der Waals surface area (Å²) < 4.78 is 0. The molecule has 0 aromatic carbocycles. The van der Waals surface area contributed by atoms with Crippen molar-refractivity contribution >= 4 is 5.82 Å². The smallest absolute Gasteiger partial charge is 0.251 e. The van der Waals surface area contributed by atoms with Crippen LogP contribution in [0.5, 0.6) is 0 Å². The van der Waals surface area contributed by atoms with E-state index in [1.165, 1.54) is 6.07 Å². The molecule has 2 aromatic rings. The third-order valence-corrected chi connectivity index (χ3v) is 4.43. The Hall–Kier alpha value is -2.17. The zero-order valence-corrected chi connectivity index (χ0v) is 15.3. The molecule has 0 aliphatic rings. The van der Waals surface area contributed by atoms with Gasteiger partial charge in [-0.2, -0.15) is 0 Å². The molecule has 2 aromatic heterocycles. The molecule has 5 heteroatoms. The van der Waals surface area contributed by atoms with Gasteiger partial charge in [0.2, 0.25) is 0 Å². The lowest BCUT2D eigenvalue weighted by molar-refractivity contribution is 0.304. The van der Waals surface area contributed by atoms with Gasteiger partial charge in [0, 0.05) is 30.1 Å². The minimum Gasteiger partial charge on any atom is -0.370 e. The summed E-state index contributed by atoms with van der Waals surface area (Å²) in [6, 6.07) is 5.41. The van der Waals surface area contributed by atoms with Crippen LogP contribution in [0.3, 0.4) is 0 Å². The van der Waals surface area contributed by atoms with Crippen molar-refractivity contribution < 1.29 is 0 Å². The predicted molar refractivity (Wildman–Crippen MR) is 99.1 cm³/mol. The van der Waals surface area contributed by atoms with Gasteiger partial charge in [-0.15, -0.1) is 0 Å². The van der Waals surface area contributed by atoms with E-state index < -0.39 is 0 Å². The molecule has 2 heterocycles. The quantitative estimate of drug-likeness (QED) is 0.812. The highest BCUT2D eigenvalue weighted by Crippen LogP contribution is 2.21. The summed E-state index contributed by atoms with van der Waals surface area (Å²) in [4.78, 5) is 23.4. The standard InChI is InChI=1S/C19H28N4O/c1-6-15-9-18(24)23-19(22-15)14-7-8-17(20-10-14)21-11-16(12(2)3)13(4)5/h7-10,12-13,16H,6,11H2,1-5H3,(H,20,21)(H,22,23,24). The zero-order valence-electron chi connectivity index (χ0n) is 15.3. The lowest BCUT2D eigenvalue weighted by Gasteiger charge is -2.25. The maximum atomic E-state index is 11.7. The van der Waals surface area contributed by atoms with Gasteiger partial charge in [0.1, 0.15) is 11.6 Å². The highest BCUT2D eigenvalue weighted by atomic mass is 16.1. The van der Waals surface area contributed by atoms with E-state index in [4.69, 9.17) is 0 Å². The molecule has 0 spiro atoms. The van der Waals surface area contributed by atoms with Crippen molar-refractivity contribution in [2.75, 3.05) is 11.9 Å². The molecule has 0 aliphatic carbocycles. The molecule has 0 fully saturated rings. The van der Waals surface area contributed by atoms with E-state index in [0.29, 0.717) is 23.6 Å². The fraction of sp³-hybridized carbons (Fsp3) is 0.526. The summed E-state index contributed by atoms with van der Waals surface area (Å²) in [7, 11) is 0. The molecule has 0 radical (unpaired) electrons. The van der Waals surface area contributed by atoms with E-state index in [2.05, 4.69) is 48.0 Å². The van der Waals surface area contributed by atoms with Crippen molar-refractivity contribution in [3.8, 4) is 11.4 Å². The van der Waals surface area contributed by atoms with Crippen LogP contribution in [0.15, 0.2) is 29.2 Å². The predicted octanol–water partition coefficient (Wildman–Crippen LogP) is 3.73. The lowest BCUT2D eigenvalue weighted by Crippen LogP contribution is -2.24. The number of nitrogens with zero attached hydrogens (tertiary/aromatic N) is 2.